The molecule has 0 unspecified atom stereocenters. The van der Waals surface area contributed by atoms with Gasteiger partial charge in [-0.3, -0.25) is 14.7 Å². The lowest BCUT2D eigenvalue weighted by Crippen LogP contribution is -2.59. The molecule has 0 radical (unpaired) electrons. The van der Waals surface area contributed by atoms with Gasteiger partial charge >= 0.3 is 0 Å². The van der Waals surface area contributed by atoms with Crippen molar-refractivity contribution in [3.05, 3.63) is 105 Å². The number of hydrogen-bond donors (Lipinski definition) is 2. The Bertz CT molecular complexity index is 2230. The summed E-state index contributed by atoms with van der Waals surface area (Å²) in [7, 11) is 4.05. The first kappa shape index (κ1) is 37.5. The lowest BCUT2D eigenvalue weighted by Gasteiger charge is -2.42. The largest absolute Gasteiger partial charge is 0.371 e. The van der Waals surface area contributed by atoms with Crippen molar-refractivity contribution in [3.8, 4) is 6.07 Å². The molecule has 7 rings (SSSR count). The topological polar surface area (TPSA) is 118 Å². The molecule has 0 bridgehead atoms. The molecule has 2 N–H and O–H groups in total. The van der Waals surface area contributed by atoms with E-state index in [1.165, 1.54) is 18.3 Å². The molecule has 1 atom stereocenters. The van der Waals surface area contributed by atoms with E-state index in [4.69, 9.17) is 33.3 Å². The van der Waals surface area contributed by atoms with Crippen LogP contribution in [0.5, 0.6) is 0 Å². The third-order valence-corrected chi connectivity index (χ3v) is 11.0. The molecule has 3 aromatic carbocycles. The number of benzene rings is 3. The van der Waals surface area contributed by atoms with Crippen LogP contribution in [-0.4, -0.2) is 92.4 Å². The number of amides is 1. The first-order valence-electron chi connectivity index (χ1n) is 18.0. The van der Waals surface area contributed by atoms with Crippen LogP contribution in [0.4, 0.5) is 21.5 Å². The number of likely N-dealkylation sites (N-methyl/N-ethyl adjacent to an activating group) is 1. The van der Waals surface area contributed by atoms with Crippen LogP contribution in [0, 0.1) is 17.1 Å². The van der Waals surface area contributed by atoms with Gasteiger partial charge in [-0.1, -0.05) is 40.5 Å². The molecule has 11 nitrogen and oxygen atoms in total. The maximum Gasteiger partial charge on any atom is 0.253 e. The van der Waals surface area contributed by atoms with Gasteiger partial charge in [-0.2, -0.15) is 5.26 Å². The van der Waals surface area contributed by atoms with Gasteiger partial charge in [0.25, 0.3) is 5.91 Å². The lowest BCUT2D eigenvalue weighted by atomic mass is 9.97. The van der Waals surface area contributed by atoms with Crippen LogP contribution >= 0.6 is 23.2 Å². The molecule has 54 heavy (non-hydrogen) atoms. The van der Waals surface area contributed by atoms with Crippen LogP contribution in [0.2, 0.25) is 10.0 Å². The van der Waals surface area contributed by atoms with Gasteiger partial charge in [0.15, 0.2) is 0 Å². The molecule has 2 aliphatic heterocycles. The van der Waals surface area contributed by atoms with Gasteiger partial charge in [-0.25, -0.2) is 9.07 Å². The van der Waals surface area contributed by atoms with Crippen LogP contribution in [0.3, 0.4) is 0 Å². The average molecular weight is 770 g/mol. The van der Waals surface area contributed by atoms with Gasteiger partial charge in [0.2, 0.25) is 0 Å². The number of carbonyl (C=O) groups is 1. The Balaban J connectivity index is 1.27. The Labute approximate surface area is 324 Å². The predicted octanol–water partition coefficient (Wildman–Crippen LogP) is 7.91. The molecular weight excluding hydrogens is 726 g/mol. The molecule has 2 aromatic heterocycles. The number of nitriles is 1. The Morgan fingerprint density at radius 1 is 1.07 bits per heavy atom. The third-order valence-electron chi connectivity index (χ3n) is 10.5. The van der Waals surface area contributed by atoms with E-state index in [0.29, 0.717) is 63.4 Å². The van der Waals surface area contributed by atoms with E-state index in [0.717, 1.165) is 31.5 Å². The quantitative estimate of drug-likeness (QED) is 0.154. The number of nitrogens with zero attached hydrogens (tertiary/aromatic N) is 8. The molecule has 4 heterocycles. The van der Waals surface area contributed by atoms with Crippen LogP contribution in [0.15, 0.2) is 67.0 Å². The first-order valence-corrected chi connectivity index (χ1v) is 18.8. The van der Waals surface area contributed by atoms with Crippen molar-refractivity contribution in [2.24, 2.45) is 0 Å². The zero-order chi connectivity index (χ0) is 38.3. The van der Waals surface area contributed by atoms with Gasteiger partial charge in [-0.05, 0) is 95.7 Å². The molecule has 280 valence electrons. The third kappa shape index (κ3) is 7.72. The van der Waals surface area contributed by atoms with Gasteiger partial charge < -0.3 is 20.4 Å². The van der Waals surface area contributed by atoms with Crippen molar-refractivity contribution < 1.29 is 9.18 Å². The highest BCUT2D eigenvalue weighted by atomic mass is 35.5. The molecule has 2 fully saturated rings. The normalized spacial score (nSPS) is 16.3. The monoisotopic (exact) mass is 768 g/mol. The van der Waals surface area contributed by atoms with Gasteiger partial charge in [0.05, 0.1) is 45.8 Å². The minimum absolute atomic E-state index is 0.0292. The van der Waals surface area contributed by atoms with E-state index in [2.05, 4.69) is 52.5 Å². The maximum absolute atomic E-state index is 14.0. The average Bonchev–Trinajstić information content (AvgIpc) is 3.61. The first-order chi connectivity index (χ1) is 25.8. The second-order valence-electron chi connectivity index (χ2n) is 15.3. The number of likely N-dealkylation sites (tertiary alicyclic amines) is 2. The molecule has 0 spiro atoms. The van der Waals surface area contributed by atoms with Crippen LogP contribution in [0.25, 0.3) is 10.9 Å². The van der Waals surface area contributed by atoms with Crippen LogP contribution in [0.1, 0.15) is 72.9 Å². The second kappa shape index (κ2) is 15.1. The van der Waals surface area contributed by atoms with Crippen LogP contribution < -0.4 is 10.6 Å². The number of rotatable bonds is 9. The number of carbonyl (C=O) groups excluding carboxylic acids is 1. The zero-order valence-corrected chi connectivity index (χ0v) is 32.5. The number of nitrogens with one attached hydrogen (secondary N) is 2. The second-order valence-corrected chi connectivity index (χ2v) is 16.1. The Kier molecular flexibility index (Phi) is 10.5. The highest BCUT2D eigenvalue weighted by molar-refractivity contribution is 6.32. The van der Waals surface area contributed by atoms with E-state index >= 15 is 0 Å². The van der Waals surface area contributed by atoms with Crippen molar-refractivity contribution in [2.45, 2.75) is 57.3 Å². The van der Waals surface area contributed by atoms with Gasteiger partial charge in [-0.15, -0.1) is 5.10 Å². The Morgan fingerprint density at radius 3 is 2.52 bits per heavy atom. The summed E-state index contributed by atoms with van der Waals surface area (Å²) in [6, 6.07) is 17.5. The summed E-state index contributed by atoms with van der Waals surface area (Å²) in [5, 5.41) is 27.2. The lowest BCUT2D eigenvalue weighted by molar-refractivity contribution is 0.0399. The van der Waals surface area contributed by atoms with Crippen molar-refractivity contribution >= 4 is 57.1 Å². The number of aromatic nitrogens is 4. The Morgan fingerprint density at radius 2 is 1.83 bits per heavy atom. The number of anilines is 3. The van der Waals surface area contributed by atoms with Crippen molar-refractivity contribution in [3.63, 3.8) is 0 Å². The molecule has 0 saturated carbocycles. The molecule has 2 aliphatic rings. The maximum atomic E-state index is 14.0. The van der Waals surface area contributed by atoms with E-state index in [1.54, 1.807) is 18.2 Å². The van der Waals surface area contributed by atoms with E-state index < -0.39 is 11.9 Å². The molecule has 0 aliphatic carbocycles. The summed E-state index contributed by atoms with van der Waals surface area (Å²) < 4.78 is 16.0. The summed E-state index contributed by atoms with van der Waals surface area (Å²) in [4.78, 5) is 24.8. The summed E-state index contributed by atoms with van der Waals surface area (Å²) in [6.07, 6.45) is 5.37. The van der Waals surface area contributed by atoms with Crippen molar-refractivity contribution in [2.75, 3.05) is 50.9 Å². The Hall–Kier alpha value is -4.80. The number of halogens is 3. The fraction of sp³-hybridized carbons (Fsp3) is 0.375. The minimum atomic E-state index is -0.557. The highest BCUT2D eigenvalue weighted by Gasteiger charge is 2.33. The van der Waals surface area contributed by atoms with E-state index in [9.17, 15) is 14.4 Å². The summed E-state index contributed by atoms with van der Waals surface area (Å²) in [5.74, 6) is -0.581. The zero-order valence-electron chi connectivity index (χ0n) is 30.9. The summed E-state index contributed by atoms with van der Waals surface area (Å²) >= 11 is 12.9. The SMILES string of the molecule is CN(C)C1CN(C(=O)c2cccc([C@H](Nc3cc(Cl)cc4c(Nc5ccc(F)c(Cl)c5)c(C#N)cnc34)c3cn(C4CCN(C(C)(C)C)CC4)nn3)c2)C1. The summed E-state index contributed by atoms with van der Waals surface area (Å²) in [6.45, 7) is 10.00. The number of pyridine rings is 1. The van der Waals surface area contributed by atoms with Crippen LogP contribution in [-0.2, 0) is 0 Å². The predicted molar refractivity (Wildman–Crippen MR) is 211 cm³/mol. The number of piperidine rings is 1. The number of fused-ring (bicyclic) bond motifs is 1. The summed E-state index contributed by atoms with van der Waals surface area (Å²) in [5.41, 5.74) is 4.45. The molecule has 1 amide bonds. The fourth-order valence-electron chi connectivity index (χ4n) is 7.18. The fourth-order valence-corrected chi connectivity index (χ4v) is 7.58. The smallest absolute Gasteiger partial charge is 0.253 e. The molecule has 5 aromatic rings. The van der Waals surface area contributed by atoms with Crippen molar-refractivity contribution in [1.82, 2.24) is 34.7 Å². The molecular formula is C40H43Cl2FN10O. The molecule has 2 saturated heterocycles. The highest BCUT2D eigenvalue weighted by Crippen LogP contribution is 2.38. The van der Waals surface area contributed by atoms with E-state index in [-0.39, 0.29) is 28.1 Å². The standard InChI is InChI=1S/C40H43Cl2FN10O/c1-40(2,3)52-13-11-29(12-14-52)53-23-35(48-49-53)37(24-7-6-8-25(15-24)39(54)51-21-30(22-51)50(4)5)47-34-17-27(41)16-31-36(26(19-44)20-45-38(31)34)46-28-9-10-33(43)32(42)18-28/h6-10,15-18,20,23,29-30,37,47H,11-14,21-22H2,1-5H3,(H,45,46)/t37-/m0/s1. The minimum Gasteiger partial charge on any atom is -0.371 e. The number of hydrogen-bond acceptors (Lipinski definition) is 9. The van der Waals surface area contributed by atoms with E-state index in [1.807, 2.05) is 54.1 Å². The van der Waals surface area contributed by atoms with Gasteiger partial charge in [0.1, 0.15) is 17.6 Å². The molecule has 14 heteroatoms. The van der Waals surface area contributed by atoms with Gasteiger partial charge in [0, 0.05) is 65.6 Å². The van der Waals surface area contributed by atoms with Crippen molar-refractivity contribution in [1.29, 1.82) is 5.26 Å².